The van der Waals surface area contributed by atoms with Crippen LogP contribution in [0.3, 0.4) is 0 Å². The molecule has 0 unspecified atom stereocenters. The van der Waals surface area contributed by atoms with E-state index in [9.17, 15) is 28.4 Å². The summed E-state index contributed by atoms with van der Waals surface area (Å²) in [6, 6.07) is -1.39. The monoisotopic (exact) mass is 522 g/mol. The van der Waals surface area contributed by atoms with E-state index in [1.807, 2.05) is 0 Å². The molecule has 0 saturated carbocycles. The predicted molar refractivity (Wildman–Crippen MR) is 116 cm³/mol. The van der Waals surface area contributed by atoms with Crippen LogP contribution in [0.25, 0.3) is 10.4 Å². The van der Waals surface area contributed by atoms with Gasteiger partial charge in [-0.25, -0.2) is 9.18 Å². The minimum Gasteiger partial charge on any atom is -0.466 e. The topological polar surface area (TPSA) is 192 Å². The van der Waals surface area contributed by atoms with Crippen molar-refractivity contribution in [2.45, 2.75) is 62.6 Å². The fourth-order valence-electron chi connectivity index (χ4n) is 3.53. The van der Waals surface area contributed by atoms with E-state index in [1.165, 1.54) is 6.26 Å². The molecule has 1 aliphatic rings. The average Bonchev–Trinajstić information content (AvgIpc) is 2.79. The van der Waals surface area contributed by atoms with Crippen LogP contribution in [0.5, 0.6) is 0 Å². The number of thioether (sulfide) groups is 1. The molecule has 0 spiro atoms. The van der Waals surface area contributed by atoms with Gasteiger partial charge in [0.2, 0.25) is 4.93 Å². The van der Waals surface area contributed by atoms with Gasteiger partial charge in [-0.3, -0.25) is 19.2 Å². The largest absolute Gasteiger partial charge is 0.466 e. The molecule has 0 aliphatic carbocycles. The van der Waals surface area contributed by atoms with Gasteiger partial charge in [0.05, 0.1) is 19.7 Å². The number of halogens is 1. The lowest BCUT2D eigenvalue weighted by Crippen LogP contribution is -2.68. The van der Waals surface area contributed by atoms with Crippen molar-refractivity contribution in [2.75, 3.05) is 26.6 Å². The minimum atomic E-state index is -1.84. The fourth-order valence-corrected chi connectivity index (χ4v) is 4.32. The number of hydrogen-bond acceptors (Lipinski definition) is 12. The molecule has 0 aromatic rings. The van der Waals surface area contributed by atoms with Crippen molar-refractivity contribution < 1.29 is 52.0 Å². The Morgan fingerprint density at radius 3 is 2.29 bits per heavy atom. The van der Waals surface area contributed by atoms with Gasteiger partial charge in [0.1, 0.15) is 18.3 Å². The number of carbonyl (C=O) groups is 5. The molecule has 14 nitrogen and oxygen atoms in total. The molecule has 0 aromatic carbocycles. The van der Waals surface area contributed by atoms with Crippen molar-refractivity contribution in [3.8, 4) is 0 Å². The van der Waals surface area contributed by atoms with Crippen LogP contribution in [0.4, 0.5) is 4.39 Å². The number of methoxy groups -OCH3 is 1. The SMILES string of the molecule is COC(=O)[C@@]1(SC)C[C@H](OC(C)=O)[C@@H](NC(=O)CF)[C@H]([C@H](OC(C)=O)[C@@H](CN=[N+]=[N-])OC(C)=O)O1. The summed E-state index contributed by atoms with van der Waals surface area (Å²) < 4.78 is 39.8. The lowest BCUT2D eigenvalue weighted by molar-refractivity contribution is -0.220. The van der Waals surface area contributed by atoms with Gasteiger partial charge in [-0.05, 0) is 11.8 Å². The van der Waals surface area contributed by atoms with Gasteiger partial charge >= 0.3 is 23.9 Å². The standard InChI is InChI=1S/C19H27FN4O10S/c1-9(25)31-12-6-19(35-5,18(29)30-4)34-17(15(12)23-14(28)7-20)16(33-11(3)27)13(8-22-24-21)32-10(2)26/h12-13,15-17H,6-8H2,1-5H3,(H,23,28)/t12-,13+,15+,16+,17+,19-/m0/s1. The van der Waals surface area contributed by atoms with Gasteiger partial charge in [-0.2, -0.15) is 0 Å². The Labute approximate surface area is 204 Å². The van der Waals surface area contributed by atoms with Crippen LogP contribution in [0.15, 0.2) is 5.11 Å². The Morgan fingerprint density at radius 2 is 1.83 bits per heavy atom. The smallest absolute Gasteiger partial charge is 0.348 e. The van der Waals surface area contributed by atoms with E-state index in [0.717, 1.165) is 39.6 Å². The Bertz CT molecular complexity index is 867. The second kappa shape index (κ2) is 13.7. The van der Waals surface area contributed by atoms with E-state index >= 15 is 0 Å². The second-order valence-corrected chi connectivity index (χ2v) is 8.31. The molecule has 196 valence electrons. The van der Waals surface area contributed by atoms with E-state index in [-0.39, 0.29) is 6.42 Å². The van der Waals surface area contributed by atoms with Gasteiger partial charge in [-0.15, -0.1) is 11.8 Å². The van der Waals surface area contributed by atoms with Crippen LogP contribution in [-0.2, 0) is 47.7 Å². The fraction of sp³-hybridized carbons (Fsp3) is 0.737. The summed E-state index contributed by atoms with van der Waals surface area (Å²) in [6.07, 6.45) is -4.79. The lowest BCUT2D eigenvalue weighted by Gasteiger charge is -2.48. The van der Waals surface area contributed by atoms with Crippen LogP contribution < -0.4 is 5.32 Å². The number of azide groups is 1. The summed E-state index contributed by atoms with van der Waals surface area (Å²) in [6.45, 7) is 1.14. The highest BCUT2D eigenvalue weighted by Crippen LogP contribution is 2.41. The maximum absolute atomic E-state index is 13.1. The van der Waals surface area contributed by atoms with Gasteiger partial charge in [0.15, 0.2) is 12.8 Å². The van der Waals surface area contributed by atoms with E-state index < -0.39 is 78.4 Å². The molecule has 1 N–H and O–H groups in total. The quantitative estimate of drug-likeness (QED) is 0.131. The third-order valence-corrected chi connectivity index (χ3v) is 5.87. The molecule has 0 radical (unpaired) electrons. The molecule has 1 amide bonds. The number of carbonyl (C=O) groups excluding carboxylic acids is 5. The zero-order valence-electron chi connectivity index (χ0n) is 19.7. The van der Waals surface area contributed by atoms with E-state index in [2.05, 4.69) is 15.3 Å². The molecule has 1 fully saturated rings. The first-order valence-electron chi connectivity index (χ1n) is 10.1. The molecule has 6 atom stereocenters. The molecule has 1 saturated heterocycles. The summed E-state index contributed by atoms with van der Waals surface area (Å²) in [5.74, 6) is -4.57. The first kappa shape index (κ1) is 29.9. The van der Waals surface area contributed by atoms with Crippen molar-refractivity contribution in [3.63, 3.8) is 0 Å². The number of hydrogen-bond donors (Lipinski definition) is 1. The number of esters is 4. The zero-order valence-corrected chi connectivity index (χ0v) is 20.5. The number of nitrogens with zero attached hydrogens (tertiary/aromatic N) is 3. The van der Waals surface area contributed by atoms with Gasteiger partial charge in [0, 0.05) is 32.1 Å². The highest BCUT2D eigenvalue weighted by molar-refractivity contribution is 8.00. The van der Waals surface area contributed by atoms with Gasteiger partial charge < -0.3 is 29.0 Å². The van der Waals surface area contributed by atoms with Crippen LogP contribution >= 0.6 is 11.8 Å². The molecule has 35 heavy (non-hydrogen) atoms. The Morgan fingerprint density at radius 1 is 1.20 bits per heavy atom. The third-order valence-electron chi connectivity index (χ3n) is 4.78. The maximum Gasteiger partial charge on any atom is 0.348 e. The van der Waals surface area contributed by atoms with Crippen molar-refractivity contribution in [3.05, 3.63) is 10.4 Å². The predicted octanol–water partition coefficient (Wildman–Crippen LogP) is 0.567. The van der Waals surface area contributed by atoms with Crippen molar-refractivity contribution >= 4 is 41.5 Å². The first-order chi connectivity index (χ1) is 16.4. The summed E-state index contributed by atoms with van der Waals surface area (Å²) in [4.78, 5) is 61.0. The molecule has 16 heteroatoms. The molecule has 1 rings (SSSR count). The molecular weight excluding hydrogens is 495 g/mol. The molecule has 0 aromatic heterocycles. The van der Waals surface area contributed by atoms with Crippen LogP contribution in [0, 0.1) is 0 Å². The van der Waals surface area contributed by atoms with Crippen molar-refractivity contribution in [2.24, 2.45) is 5.11 Å². The average molecular weight is 523 g/mol. The zero-order chi connectivity index (χ0) is 26.8. The Kier molecular flexibility index (Phi) is 11.7. The summed E-state index contributed by atoms with van der Waals surface area (Å²) in [5, 5.41) is 5.65. The number of ether oxygens (including phenoxy) is 5. The van der Waals surface area contributed by atoms with Crippen molar-refractivity contribution in [1.82, 2.24) is 5.32 Å². The third kappa shape index (κ3) is 8.26. The normalized spacial score (nSPS) is 25.1. The van der Waals surface area contributed by atoms with Crippen LogP contribution in [0.2, 0.25) is 0 Å². The van der Waals surface area contributed by atoms with Gasteiger partial charge in [0.25, 0.3) is 5.91 Å². The molecule has 1 heterocycles. The first-order valence-corrected chi connectivity index (χ1v) is 11.4. The number of alkyl halides is 1. The van der Waals surface area contributed by atoms with Crippen LogP contribution in [-0.4, -0.2) is 91.8 Å². The summed E-state index contributed by atoms with van der Waals surface area (Å²) >= 11 is 0.862. The molecule has 1 aliphatic heterocycles. The highest BCUT2D eigenvalue weighted by atomic mass is 32.2. The molecule has 0 bridgehead atoms. The van der Waals surface area contributed by atoms with Gasteiger partial charge in [-0.1, -0.05) is 5.11 Å². The lowest BCUT2D eigenvalue weighted by atomic mass is 9.89. The van der Waals surface area contributed by atoms with Crippen molar-refractivity contribution in [1.29, 1.82) is 0 Å². The second-order valence-electron chi connectivity index (χ2n) is 7.25. The number of rotatable bonds is 11. The van der Waals surface area contributed by atoms with E-state index in [4.69, 9.17) is 29.2 Å². The Balaban J connectivity index is 3.76. The minimum absolute atomic E-state index is 0.338. The molecular formula is C19H27FN4O10S. The maximum atomic E-state index is 13.1. The number of nitrogens with one attached hydrogen (secondary N) is 1. The summed E-state index contributed by atoms with van der Waals surface area (Å²) in [5.41, 5.74) is 8.75. The number of amides is 1. The summed E-state index contributed by atoms with van der Waals surface area (Å²) in [7, 11) is 1.09. The van der Waals surface area contributed by atoms with E-state index in [0.29, 0.717) is 0 Å². The van der Waals surface area contributed by atoms with Crippen LogP contribution in [0.1, 0.15) is 27.2 Å². The van der Waals surface area contributed by atoms with E-state index in [1.54, 1.807) is 0 Å². The highest BCUT2D eigenvalue weighted by Gasteiger charge is 2.58. The Hall–Kier alpha value is -3.10.